The zero-order chi connectivity index (χ0) is 31.8. The van der Waals surface area contributed by atoms with Gasteiger partial charge in [-0.25, -0.2) is 37.8 Å². The van der Waals surface area contributed by atoms with Gasteiger partial charge >= 0.3 is 13.6 Å². The van der Waals surface area contributed by atoms with Crippen LogP contribution in [0, 0.1) is 11.7 Å². The van der Waals surface area contributed by atoms with Gasteiger partial charge in [-0.2, -0.15) is 0 Å². The van der Waals surface area contributed by atoms with Crippen LogP contribution in [-0.2, 0) is 36.7 Å². The van der Waals surface area contributed by atoms with Crippen LogP contribution in [-0.4, -0.2) is 77.9 Å². The molecule has 0 aliphatic carbocycles. The van der Waals surface area contributed by atoms with E-state index < -0.39 is 87.1 Å². The maximum Gasteiger partial charge on any atom is 0.386 e. The Morgan fingerprint density at radius 3 is 2.42 bits per heavy atom. The third-order valence-corrected chi connectivity index (χ3v) is 11.0. The lowest BCUT2D eigenvalue weighted by atomic mass is 10.0. The van der Waals surface area contributed by atoms with Gasteiger partial charge in [0.25, 0.3) is 5.56 Å². The van der Waals surface area contributed by atoms with E-state index in [1.165, 1.54) is 21.8 Å². The molecule has 0 spiro atoms. The van der Waals surface area contributed by atoms with Crippen LogP contribution in [0.25, 0.3) is 22.2 Å². The second kappa shape index (κ2) is 11.4. The minimum absolute atomic E-state index is 0.0540. The average molecular weight is 709 g/mol. The molecule has 7 rings (SSSR count). The Kier molecular flexibility index (Phi) is 7.87. The van der Waals surface area contributed by atoms with E-state index in [4.69, 9.17) is 33.3 Å². The van der Waals surface area contributed by atoms with Crippen LogP contribution in [0.5, 0.6) is 0 Å². The van der Waals surface area contributed by atoms with E-state index in [0.717, 1.165) is 12.5 Å². The quantitative estimate of drug-likeness (QED) is 0.174. The standard InChI is InChI=1S/C22H24F2N8O9P2S2/c1-8-10-3-36-43(35,45)41-16-11(39-21(13(16)24)32-7-30-14-17(25)26-5-28-19(14)32)4-37-42(34,44)40-15(8)22(38-10)31-2-9(23)12-18(31)27-6-29-20(12)33/h2,5-8,10-11,13,15-16,21-22H,3-4H2,1H3,(H,34,44)(H,35,45)(H2,25,26,28)(H,27,29,33)/t8-,10-,11-,13-,15-,16-,21-,22-,42?,43?/m1/s1. The van der Waals surface area contributed by atoms with E-state index in [2.05, 4.69) is 49.4 Å². The summed E-state index contributed by atoms with van der Waals surface area (Å²) in [6.45, 7) is -8.03. The van der Waals surface area contributed by atoms with E-state index in [9.17, 15) is 18.3 Å². The highest BCUT2D eigenvalue weighted by molar-refractivity contribution is 8.44. The molecule has 0 amide bonds. The van der Waals surface area contributed by atoms with E-state index in [1.54, 1.807) is 6.92 Å². The molecule has 0 radical (unpaired) electrons. The number of fused-ring (bicyclic) bond motifs is 5. The third-order valence-electron chi connectivity index (χ3n) is 7.78. The molecule has 45 heavy (non-hydrogen) atoms. The fourth-order valence-electron chi connectivity index (χ4n) is 5.60. The number of hydrogen-bond donors (Lipinski definition) is 4. The second-order valence-corrected chi connectivity index (χ2v) is 16.3. The van der Waals surface area contributed by atoms with Gasteiger partial charge in [0.05, 0.1) is 32.0 Å². The number of aromatic nitrogens is 7. The van der Waals surface area contributed by atoms with Gasteiger partial charge in [0.15, 0.2) is 41.6 Å². The summed E-state index contributed by atoms with van der Waals surface area (Å²) in [5.74, 6) is -1.51. The normalized spacial score (nSPS) is 37.7. The third kappa shape index (κ3) is 5.52. The lowest BCUT2D eigenvalue weighted by Crippen LogP contribution is -2.33. The number of ether oxygens (including phenoxy) is 2. The van der Waals surface area contributed by atoms with Gasteiger partial charge in [-0.1, -0.05) is 31.4 Å². The van der Waals surface area contributed by atoms with Crippen molar-refractivity contribution >= 4 is 66.1 Å². The van der Waals surface area contributed by atoms with Crippen LogP contribution in [0.2, 0.25) is 0 Å². The number of alkyl halides is 1. The molecule has 4 aromatic heterocycles. The monoisotopic (exact) mass is 708 g/mol. The van der Waals surface area contributed by atoms with E-state index in [-0.39, 0.29) is 28.0 Å². The molecule has 3 saturated heterocycles. The molecule has 2 unspecified atom stereocenters. The first kappa shape index (κ1) is 31.2. The van der Waals surface area contributed by atoms with Crippen LogP contribution < -0.4 is 11.3 Å². The SMILES string of the molecule is C[C@H]1[C@H]2OP(=O)(S)OC[C@H]3O[C@@H](n4cnc5c(N)ncnc54)[C@H](F)[C@@H]3OP(=O)(S)OC[C@H]1O[C@H]2n1cc(F)c2c(=O)[nH]cnc21. The number of imidazole rings is 1. The van der Waals surface area contributed by atoms with Gasteiger partial charge in [0.1, 0.15) is 35.5 Å². The van der Waals surface area contributed by atoms with Gasteiger partial charge < -0.3 is 24.8 Å². The number of nitrogens with zero attached hydrogens (tertiary/aromatic N) is 6. The predicted octanol–water partition coefficient (Wildman–Crippen LogP) is 2.95. The van der Waals surface area contributed by atoms with Crippen molar-refractivity contribution in [2.24, 2.45) is 5.92 Å². The Morgan fingerprint density at radius 2 is 1.67 bits per heavy atom. The molecule has 17 nitrogen and oxygen atoms in total. The van der Waals surface area contributed by atoms with Crippen LogP contribution in [0.4, 0.5) is 14.6 Å². The number of nitrogen functional groups attached to an aromatic ring is 1. The summed E-state index contributed by atoms with van der Waals surface area (Å²) in [6.07, 6.45) is -5.22. The number of H-pyrrole nitrogens is 1. The van der Waals surface area contributed by atoms with Crippen molar-refractivity contribution in [3.05, 3.63) is 41.3 Å². The molecular weight excluding hydrogens is 684 g/mol. The molecule has 3 N–H and O–H groups in total. The molecule has 3 aliphatic heterocycles. The average Bonchev–Trinajstić information content (AvgIpc) is 3.71. The summed E-state index contributed by atoms with van der Waals surface area (Å²) in [7, 11) is 0. The first-order chi connectivity index (χ1) is 21.3. The Labute approximate surface area is 261 Å². The fourth-order valence-corrected chi connectivity index (χ4v) is 8.60. The molecule has 242 valence electrons. The summed E-state index contributed by atoms with van der Waals surface area (Å²) < 4.78 is 94.7. The van der Waals surface area contributed by atoms with Gasteiger partial charge in [-0.15, -0.1) is 0 Å². The van der Waals surface area contributed by atoms with Crippen LogP contribution in [0.1, 0.15) is 19.4 Å². The van der Waals surface area contributed by atoms with Crippen molar-refractivity contribution in [2.75, 3.05) is 18.9 Å². The highest BCUT2D eigenvalue weighted by Crippen LogP contribution is 2.61. The Hall–Kier alpha value is -2.45. The number of hydrogen-bond acceptors (Lipinski definition) is 14. The molecule has 23 heteroatoms. The highest BCUT2D eigenvalue weighted by Gasteiger charge is 2.53. The van der Waals surface area contributed by atoms with Gasteiger partial charge in [0.2, 0.25) is 0 Å². The number of anilines is 1. The van der Waals surface area contributed by atoms with E-state index in [0.29, 0.717) is 0 Å². The maximum absolute atomic E-state index is 16.0. The molecule has 10 atom stereocenters. The number of halogens is 2. The number of rotatable bonds is 2. The zero-order valence-electron chi connectivity index (χ0n) is 22.8. The van der Waals surface area contributed by atoms with Crippen molar-refractivity contribution in [1.82, 2.24) is 34.1 Å². The Balaban J connectivity index is 1.21. The zero-order valence-corrected chi connectivity index (χ0v) is 26.4. The summed E-state index contributed by atoms with van der Waals surface area (Å²) in [5.41, 5.74) is 5.39. The Bertz CT molecular complexity index is 1950. The molecule has 0 aromatic carbocycles. The van der Waals surface area contributed by atoms with Crippen LogP contribution >= 0.6 is 38.1 Å². The first-order valence-electron chi connectivity index (χ1n) is 13.3. The smallest absolute Gasteiger partial charge is 0.382 e. The van der Waals surface area contributed by atoms with Crippen molar-refractivity contribution < 1.29 is 45.5 Å². The lowest BCUT2D eigenvalue weighted by Gasteiger charge is -2.26. The number of nitrogens with one attached hydrogen (secondary N) is 1. The van der Waals surface area contributed by atoms with E-state index >= 15 is 4.39 Å². The maximum atomic E-state index is 16.0. The summed E-state index contributed by atoms with van der Waals surface area (Å²) in [4.78, 5) is 30.7. The second-order valence-electron chi connectivity index (χ2n) is 10.5. The van der Waals surface area contributed by atoms with Crippen molar-refractivity contribution in [3.8, 4) is 0 Å². The molecular formula is C22H24F2N8O9P2S2. The van der Waals surface area contributed by atoms with Gasteiger partial charge in [-0.05, 0) is 0 Å². The molecule has 0 saturated carbocycles. The lowest BCUT2D eigenvalue weighted by molar-refractivity contribution is -0.0562. The molecule has 4 aromatic rings. The van der Waals surface area contributed by atoms with Crippen molar-refractivity contribution in [3.63, 3.8) is 0 Å². The number of nitrogens with two attached hydrogens (primary N) is 1. The van der Waals surface area contributed by atoms with E-state index in [1.807, 2.05) is 0 Å². The van der Waals surface area contributed by atoms with Crippen molar-refractivity contribution in [1.29, 1.82) is 0 Å². The van der Waals surface area contributed by atoms with Gasteiger partial charge in [0, 0.05) is 12.1 Å². The fraction of sp³-hybridized carbons (Fsp3) is 0.500. The molecule has 3 fully saturated rings. The van der Waals surface area contributed by atoms with Crippen LogP contribution in [0.3, 0.4) is 0 Å². The molecule has 7 heterocycles. The largest absolute Gasteiger partial charge is 0.386 e. The summed E-state index contributed by atoms with van der Waals surface area (Å²) in [5, 5.41) is -0.334. The molecule has 3 aliphatic rings. The van der Waals surface area contributed by atoms with Crippen molar-refractivity contribution in [2.45, 2.75) is 50.0 Å². The minimum atomic E-state index is -4.33. The summed E-state index contributed by atoms with van der Waals surface area (Å²) >= 11 is 8.17. The molecule has 2 bridgehead atoms. The number of thiol groups is 2. The predicted molar refractivity (Wildman–Crippen MR) is 157 cm³/mol. The number of aromatic amines is 1. The summed E-state index contributed by atoms with van der Waals surface area (Å²) in [6, 6.07) is 0. The van der Waals surface area contributed by atoms with Gasteiger partial charge in [-0.3, -0.25) is 27.5 Å². The first-order valence-corrected chi connectivity index (χ1v) is 18.7. The Morgan fingerprint density at radius 1 is 0.978 bits per heavy atom. The minimum Gasteiger partial charge on any atom is -0.382 e. The van der Waals surface area contributed by atoms with Crippen LogP contribution in [0.15, 0.2) is 30.0 Å². The topological polar surface area (TPSA) is 210 Å². The highest BCUT2D eigenvalue weighted by atomic mass is 32.7.